The third-order valence-corrected chi connectivity index (χ3v) is 5.30. The van der Waals surface area contributed by atoms with E-state index in [1.165, 1.54) is 37.7 Å². The maximum absolute atomic E-state index is 5.31. The Morgan fingerprint density at radius 2 is 1.92 bits per heavy atom. The highest BCUT2D eigenvalue weighted by atomic mass is 16.5. The molecule has 6 heteroatoms. The molecule has 1 aliphatic carbocycles. The first-order valence-electron chi connectivity index (χ1n) is 8.75. The van der Waals surface area contributed by atoms with Crippen molar-refractivity contribution in [2.24, 2.45) is 7.05 Å². The summed E-state index contributed by atoms with van der Waals surface area (Å²) in [4.78, 5) is 0. The van der Waals surface area contributed by atoms with E-state index in [-0.39, 0.29) is 11.5 Å². The van der Waals surface area contributed by atoms with Crippen LogP contribution in [0.3, 0.4) is 0 Å². The maximum Gasteiger partial charge on any atom is 0.167 e. The molecular formula is C18H27N5O. The van der Waals surface area contributed by atoms with Gasteiger partial charge in [0.2, 0.25) is 0 Å². The van der Waals surface area contributed by atoms with Crippen molar-refractivity contribution < 1.29 is 4.74 Å². The van der Waals surface area contributed by atoms with E-state index < -0.39 is 0 Å². The SMILES string of the molecule is COc1ccc(C2(CNC(C)c3nnnn3C)CCCCC2)cc1. The van der Waals surface area contributed by atoms with Crippen LogP contribution in [0, 0.1) is 0 Å². The van der Waals surface area contributed by atoms with Gasteiger partial charge in [-0.15, -0.1) is 5.10 Å². The Hall–Kier alpha value is -1.95. The van der Waals surface area contributed by atoms with Crippen LogP contribution in [0.2, 0.25) is 0 Å². The Balaban J connectivity index is 1.77. The van der Waals surface area contributed by atoms with Gasteiger partial charge in [-0.05, 0) is 47.9 Å². The number of rotatable bonds is 6. The molecule has 1 atom stereocenters. The monoisotopic (exact) mass is 329 g/mol. The summed E-state index contributed by atoms with van der Waals surface area (Å²) < 4.78 is 7.04. The molecule has 1 heterocycles. The number of nitrogens with zero attached hydrogens (tertiary/aromatic N) is 4. The lowest BCUT2D eigenvalue weighted by atomic mass is 9.69. The van der Waals surface area contributed by atoms with Gasteiger partial charge in [-0.3, -0.25) is 0 Å². The van der Waals surface area contributed by atoms with Gasteiger partial charge >= 0.3 is 0 Å². The van der Waals surface area contributed by atoms with Crippen LogP contribution in [0.25, 0.3) is 0 Å². The molecule has 130 valence electrons. The summed E-state index contributed by atoms with van der Waals surface area (Å²) in [6, 6.07) is 8.71. The van der Waals surface area contributed by atoms with E-state index in [4.69, 9.17) is 4.74 Å². The highest BCUT2D eigenvalue weighted by Crippen LogP contribution is 2.39. The topological polar surface area (TPSA) is 64.9 Å². The molecule has 0 bridgehead atoms. The second-order valence-corrected chi connectivity index (χ2v) is 6.83. The number of hydrogen-bond acceptors (Lipinski definition) is 5. The third-order valence-electron chi connectivity index (χ3n) is 5.30. The van der Waals surface area contributed by atoms with Crippen LogP contribution in [-0.2, 0) is 12.5 Å². The van der Waals surface area contributed by atoms with Gasteiger partial charge in [-0.25, -0.2) is 4.68 Å². The average molecular weight is 329 g/mol. The Morgan fingerprint density at radius 1 is 1.21 bits per heavy atom. The molecule has 0 saturated heterocycles. The van der Waals surface area contributed by atoms with Gasteiger partial charge in [-0.2, -0.15) is 0 Å². The van der Waals surface area contributed by atoms with E-state index in [0.717, 1.165) is 18.1 Å². The van der Waals surface area contributed by atoms with Crippen LogP contribution in [0.15, 0.2) is 24.3 Å². The molecule has 1 unspecified atom stereocenters. The molecule has 0 aliphatic heterocycles. The molecule has 1 saturated carbocycles. The second kappa shape index (κ2) is 7.30. The molecule has 1 aromatic heterocycles. The molecule has 0 radical (unpaired) electrons. The lowest BCUT2D eigenvalue weighted by Gasteiger charge is -2.39. The zero-order valence-electron chi connectivity index (χ0n) is 14.8. The van der Waals surface area contributed by atoms with Gasteiger partial charge < -0.3 is 10.1 Å². The Labute approximate surface area is 143 Å². The summed E-state index contributed by atoms with van der Waals surface area (Å²) in [5.74, 6) is 1.78. The highest BCUT2D eigenvalue weighted by Gasteiger charge is 2.34. The number of methoxy groups -OCH3 is 1. The highest BCUT2D eigenvalue weighted by molar-refractivity contribution is 5.33. The molecule has 3 rings (SSSR count). The predicted molar refractivity (Wildman–Crippen MR) is 93.0 cm³/mol. The zero-order chi connectivity index (χ0) is 17.0. The molecule has 1 N–H and O–H groups in total. The molecule has 1 aliphatic rings. The lowest BCUT2D eigenvalue weighted by molar-refractivity contribution is 0.269. The fourth-order valence-corrected chi connectivity index (χ4v) is 3.78. The van der Waals surface area contributed by atoms with E-state index in [2.05, 4.69) is 52.0 Å². The van der Waals surface area contributed by atoms with Crippen LogP contribution in [-0.4, -0.2) is 33.9 Å². The van der Waals surface area contributed by atoms with E-state index >= 15 is 0 Å². The maximum atomic E-state index is 5.31. The normalized spacial score (nSPS) is 18.3. The number of tetrazole rings is 1. The van der Waals surface area contributed by atoms with Crippen molar-refractivity contribution in [3.63, 3.8) is 0 Å². The molecule has 1 aromatic carbocycles. The minimum Gasteiger partial charge on any atom is -0.497 e. The molecule has 6 nitrogen and oxygen atoms in total. The van der Waals surface area contributed by atoms with Gasteiger partial charge in [0.25, 0.3) is 0 Å². The number of ether oxygens (including phenoxy) is 1. The fraction of sp³-hybridized carbons (Fsp3) is 0.611. The van der Waals surface area contributed by atoms with E-state index in [9.17, 15) is 0 Å². The first-order valence-corrected chi connectivity index (χ1v) is 8.75. The first kappa shape index (κ1) is 16.9. The van der Waals surface area contributed by atoms with E-state index in [0.29, 0.717) is 0 Å². The second-order valence-electron chi connectivity index (χ2n) is 6.83. The van der Waals surface area contributed by atoms with E-state index in [1.807, 2.05) is 7.05 Å². The lowest BCUT2D eigenvalue weighted by Crippen LogP contribution is -2.41. The largest absolute Gasteiger partial charge is 0.497 e. The molecule has 0 spiro atoms. The minimum atomic E-state index is 0.127. The van der Waals surface area contributed by atoms with Gasteiger partial charge in [0.1, 0.15) is 5.75 Å². The van der Waals surface area contributed by atoms with Crippen LogP contribution in [0.1, 0.15) is 56.5 Å². The van der Waals surface area contributed by atoms with Crippen molar-refractivity contribution in [1.29, 1.82) is 0 Å². The summed E-state index contributed by atoms with van der Waals surface area (Å²) in [6.45, 7) is 3.06. The van der Waals surface area contributed by atoms with Crippen LogP contribution >= 0.6 is 0 Å². The Morgan fingerprint density at radius 3 is 2.50 bits per heavy atom. The van der Waals surface area contributed by atoms with Crippen molar-refractivity contribution >= 4 is 0 Å². The van der Waals surface area contributed by atoms with Gasteiger partial charge in [0.15, 0.2) is 5.82 Å². The molecule has 24 heavy (non-hydrogen) atoms. The summed E-state index contributed by atoms with van der Waals surface area (Å²) >= 11 is 0. The summed E-state index contributed by atoms with van der Waals surface area (Å²) in [6.07, 6.45) is 6.34. The average Bonchev–Trinajstić information content (AvgIpc) is 3.06. The first-order chi connectivity index (χ1) is 11.6. The van der Waals surface area contributed by atoms with Crippen molar-refractivity contribution in [1.82, 2.24) is 25.5 Å². The number of benzene rings is 1. The van der Waals surface area contributed by atoms with Crippen LogP contribution in [0.4, 0.5) is 0 Å². The quantitative estimate of drug-likeness (QED) is 0.883. The summed E-state index contributed by atoms with van der Waals surface area (Å²) in [7, 11) is 3.59. The molecular weight excluding hydrogens is 302 g/mol. The van der Waals surface area contributed by atoms with Crippen molar-refractivity contribution in [2.75, 3.05) is 13.7 Å². The number of aryl methyl sites for hydroxylation is 1. The van der Waals surface area contributed by atoms with Gasteiger partial charge in [0, 0.05) is 19.0 Å². The molecule has 2 aromatic rings. The fourth-order valence-electron chi connectivity index (χ4n) is 3.78. The number of aromatic nitrogens is 4. The molecule has 1 fully saturated rings. The van der Waals surface area contributed by atoms with Gasteiger partial charge in [0.05, 0.1) is 13.2 Å². The van der Waals surface area contributed by atoms with Crippen molar-refractivity contribution in [2.45, 2.75) is 50.5 Å². The van der Waals surface area contributed by atoms with Crippen molar-refractivity contribution in [3.05, 3.63) is 35.7 Å². The third kappa shape index (κ3) is 3.43. The predicted octanol–water partition coefficient (Wildman–Crippen LogP) is 2.77. The van der Waals surface area contributed by atoms with Crippen LogP contribution < -0.4 is 10.1 Å². The van der Waals surface area contributed by atoms with Crippen LogP contribution in [0.5, 0.6) is 5.75 Å². The Bertz CT molecular complexity index is 646. The summed E-state index contributed by atoms with van der Waals surface area (Å²) in [5.41, 5.74) is 1.59. The number of hydrogen-bond donors (Lipinski definition) is 1. The zero-order valence-corrected chi connectivity index (χ0v) is 14.8. The molecule has 0 amide bonds. The smallest absolute Gasteiger partial charge is 0.167 e. The summed E-state index contributed by atoms with van der Waals surface area (Å²) in [5, 5.41) is 15.5. The Kier molecular flexibility index (Phi) is 5.14. The van der Waals surface area contributed by atoms with E-state index in [1.54, 1.807) is 11.8 Å². The van der Waals surface area contributed by atoms with Gasteiger partial charge in [-0.1, -0.05) is 31.4 Å². The minimum absolute atomic E-state index is 0.127. The number of nitrogens with one attached hydrogen (secondary N) is 1. The van der Waals surface area contributed by atoms with Crippen molar-refractivity contribution in [3.8, 4) is 5.75 Å². The standard InChI is InChI=1S/C18H27N5O/c1-14(17-20-21-22-23(17)2)19-13-18(11-5-4-6-12-18)15-7-9-16(24-3)10-8-15/h7-10,14,19H,4-6,11-13H2,1-3H3.